The Morgan fingerprint density at radius 2 is 2.27 bits per heavy atom. The highest BCUT2D eigenvalue weighted by Gasteiger charge is 2.20. The molecule has 1 saturated heterocycles. The molecule has 1 rings (SSSR count). The fourth-order valence-corrected chi connectivity index (χ4v) is 3.38. The zero-order chi connectivity index (χ0) is 11.1. The molecule has 1 heterocycles. The van der Waals surface area contributed by atoms with Crippen molar-refractivity contribution in [3.8, 4) is 0 Å². The van der Waals surface area contributed by atoms with E-state index in [9.17, 15) is 0 Å². The van der Waals surface area contributed by atoms with Crippen LogP contribution in [0.3, 0.4) is 0 Å². The summed E-state index contributed by atoms with van der Waals surface area (Å²) in [6.45, 7) is 8.71. The molecule has 0 aliphatic carbocycles. The van der Waals surface area contributed by atoms with E-state index in [4.69, 9.17) is 0 Å². The summed E-state index contributed by atoms with van der Waals surface area (Å²) in [4.78, 5) is 2.69. The Kier molecular flexibility index (Phi) is 6.91. The molecule has 0 aromatic heterocycles. The highest BCUT2D eigenvalue weighted by atomic mass is 79.9. The Bertz CT molecular complexity index is 157. The van der Waals surface area contributed by atoms with Crippen molar-refractivity contribution in [3.63, 3.8) is 0 Å². The average molecular weight is 276 g/mol. The quantitative estimate of drug-likeness (QED) is 0.665. The van der Waals surface area contributed by atoms with Gasteiger partial charge in [-0.05, 0) is 44.1 Å². The molecule has 1 fully saturated rings. The summed E-state index contributed by atoms with van der Waals surface area (Å²) in [6.07, 6.45) is 6.94. The third-order valence-electron chi connectivity index (χ3n) is 3.47. The molecule has 1 nitrogen and oxygen atoms in total. The summed E-state index contributed by atoms with van der Waals surface area (Å²) >= 11 is 3.56. The van der Waals surface area contributed by atoms with Crippen LogP contribution in [0.4, 0.5) is 0 Å². The molecular formula is C13H26BrN. The topological polar surface area (TPSA) is 3.24 Å². The van der Waals surface area contributed by atoms with Gasteiger partial charge in [0, 0.05) is 18.4 Å². The number of piperidine rings is 1. The summed E-state index contributed by atoms with van der Waals surface area (Å²) in [7, 11) is 0. The Morgan fingerprint density at radius 1 is 1.47 bits per heavy atom. The van der Waals surface area contributed by atoms with Gasteiger partial charge in [0.2, 0.25) is 0 Å². The van der Waals surface area contributed by atoms with Crippen LogP contribution in [0.25, 0.3) is 0 Å². The van der Waals surface area contributed by atoms with Crippen LogP contribution in [0.5, 0.6) is 0 Å². The number of hydrogen-bond donors (Lipinski definition) is 0. The Balaban J connectivity index is 2.23. The number of hydrogen-bond acceptors (Lipinski definition) is 1. The molecule has 2 heteroatoms. The van der Waals surface area contributed by atoms with E-state index in [1.54, 1.807) is 0 Å². The van der Waals surface area contributed by atoms with Crippen molar-refractivity contribution in [1.82, 2.24) is 4.90 Å². The van der Waals surface area contributed by atoms with Gasteiger partial charge in [0.1, 0.15) is 0 Å². The van der Waals surface area contributed by atoms with E-state index in [2.05, 4.69) is 34.7 Å². The second-order valence-electron chi connectivity index (χ2n) is 5.14. The maximum atomic E-state index is 3.56. The lowest BCUT2D eigenvalue weighted by molar-refractivity contribution is 0.150. The van der Waals surface area contributed by atoms with Crippen molar-refractivity contribution < 1.29 is 0 Å². The second kappa shape index (κ2) is 7.67. The van der Waals surface area contributed by atoms with Gasteiger partial charge >= 0.3 is 0 Å². The zero-order valence-corrected chi connectivity index (χ0v) is 11.9. The highest BCUT2D eigenvalue weighted by Crippen LogP contribution is 2.21. The third kappa shape index (κ3) is 5.35. The smallest absolute Gasteiger partial charge is 0.00344 e. The van der Waals surface area contributed by atoms with Gasteiger partial charge in [-0.15, -0.1) is 0 Å². The zero-order valence-electron chi connectivity index (χ0n) is 10.3. The molecule has 90 valence electrons. The van der Waals surface area contributed by atoms with Crippen LogP contribution in [0.2, 0.25) is 0 Å². The summed E-state index contributed by atoms with van der Waals surface area (Å²) in [5.41, 5.74) is 0. The lowest BCUT2D eigenvalue weighted by atomic mass is 9.94. The number of nitrogens with zero attached hydrogens (tertiary/aromatic N) is 1. The Labute approximate surface area is 104 Å². The van der Waals surface area contributed by atoms with Gasteiger partial charge in [0.05, 0.1) is 0 Å². The standard InChI is InChI=1S/C13H26BrN/c1-3-5-12(2)10-15-9-4-6-13(11-15)7-8-14/h12-13H,3-11H2,1-2H3. The molecule has 0 aromatic rings. The molecular weight excluding hydrogens is 250 g/mol. The van der Waals surface area contributed by atoms with Crippen molar-refractivity contribution in [2.75, 3.05) is 25.0 Å². The SMILES string of the molecule is CCCC(C)CN1CCCC(CCBr)C1. The van der Waals surface area contributed by atoms with E-state index in [-0.39, 0.29) is 0 Å². The Hall–Kier alpha value is 0.440. The van der Waals surface area contributed by atoms with E-state index in [0.29, 0.717) is 0 Å². The summed E-state index contributed by atoms with van der Waals surface area (Å²) in [5, 5.41) is 1.18. The van der Waals surface area contributed by atoms with Crippen LogP contribution >= 0.6 is 15.9 Å². The highest BCUT2D eigenvalue weighted by molar-refractivity contribution is 9.09. The van der Waals surface area contributed by atoms with E-state index in [0.717, 1.165) is 11.8 Å². The molecule has 15 heavy (non-hydrogen) atoms. The average Bonchev–Trinajstić information content (AvgIpc) is 2.19. The van der Waals surface area contributed by atoms with Gasteiger partial charge in [0.15, 0.2) is 0 Å². The predicted molar refractivity (Wildman–Crippen MR) is 71.6 cm³/mol. The van der Waals surface area contributed by atoms with Crippen LogP contribution in [0.15, 0.2) is 0 Å². The molecule has 0 aromatic carbocycles. The lowest BCUT2D eigenvalue weighted by Gasteiger charge is -2.34. The summed E-state index contributed by atoms with van der Waals surface area (Å²) in [5.74, 6) is 1.84. The van der Waals surface area contributed by atoms with Crippen molar-refractivity contribution in [1.29, 1.82) is 0 Å². The van der Waals surface area contributed by atoms with Crippen molar-refractivity contribution >= 4 is 15.9 Å². The molecule has 0 spiro atoms. The van der Waals surface area contributed by atoms with E-state index >= 15 is 0 Å². The number of likely N-dealkylation sites (tertiary alicyclic amines) is 1. The number of alkyl halides is 1. The van der Waals surface area contributed by atoms with E-state index in [1.807, 2.05) is 0 Å². The molecule has 1 aliphatic rings. The Morgan fingerprint density at radius 3 is 2.93 bits per heavy atom. The molecule has 0 radical (unpaired) electrons. The van der Waals surface area contributed by atoms with Crippen LogP contribution in [-0.2, 0) is 0 Å². The number of halogens is 1. The maximum absolute atomic E-state index is 3.56. The minimum absolute atomic E-state index is 0.887. The lowest BCUT2D eigenvalue weighted by Crippen LogP contribution is -2.38. The first-order chi connectivity index (χ1) is 7.26. The molecule has 0 amide bonds. The van der Waals surface area contributed by atoms with Crippen LogP contribution in [0.1, 0.15) is 46.0 Å². The number of rotatable bonds is 6. The molecule has 2 unspecified atom stereocenters. The first kappa shape index (κ1) is 13.5. The van der Waals surface area contributed by atoms with E-state index < -0.39 is 0 Å². The van der Waals surface area contributed by atoms with Crippen LogP contribution < -0.4 is 0 Å². The molecule has 0 N–H and O–H groups in total. The largest absolute Gasteiger partial charge is 0.303 e. The monoisotopic (exact) mass is 275 g/mol. The van der Waals surface area contributed by atoms with Gasteiger partial charge in [-0.2, -0.15) is 0 Å². The molecule has 0 saturated carbocycles. The van der Waals surface area contributed by atoms with Gasteiger partial charge in [0.25, 0.3) is 0 Å². The summed E-state index contributed by atoms with van der Waals surface area (Å²) < 4.78 is 0. The third-order valence-corrected chi connectivity index (χ3v) is 3.93. The first-order valence-corrected chi connectivity index (χ1v) is 7.66. The second-order valence-corrected chi connectivity index (χ2v) is 5.93. The van der Waals surface area contributed by atoms with E-state index in [1.165, 1.54) is 57.1 Å². The minimum atomic E-state index is 0.887. The predicted octanol–water partition coefficient (Wildman–Crippen LogP) is 3.92. The van der Waals surface area contributed by atoms with Crippen molar-refractivity contribution in [3.05, 3.63) is 0 Å². The molecule has 2 atom stereocenters. The van der Waals surface area contributed by atoms with Crippen LogP contribution in [-0.4, -0.2) is 29.9 Å². The molecule has 0 bridgehead atoms. The maximum Gasteiger partial charge on any atom is 0.00344 e. The van der Waals surface area contributed by atoms with Gasteiger partial charge in [-0.1, -0.05) is 36.2 Å². The minimum Gasteiger partial charge on any atom is -0.303 e. The van der Waals surface area contributed by atoms with Crippen molar-refractivity contribution in [2.45, 2.75) is 46.0 Å². The van der Waals surface area contributed by atoms with Gasteiger partial charge in [-0.3, -0.25) is 0 Å². The normalized spacial score (nSPS) is 25.4. The fourth-order valence-electron chi connectivity index (χ4n) is 2.73. The van der Waals surface area contributed by atoms with Gasteiger partial charge in [-0.25, -0.2) is 0 Å². The fraction of sp³-hybridized carbons (Fsp3) is 1.00. The van der Waals surface area contributed by atoms with Crippen LogP contribution in [0, 0.1) is 11.8 Å². The van der Waals surface area contributed by atoms with Crippen molar-refractivity contribution in [2.24, 2.45) is 11.8 Å². The summed E-state index contributed by atoms with van der Waals surface area (Å²) in [6, 6.07) is 0. The van der Waals surface area contributed by atoms with Gasteiger partial charge < -0.3 is 4.90 Å². The first-order valence-electron chi connectivity index (χ1n) is 6.54. The molecule has 1 aliphatic heterocycles.